The van der Waals surface area contributed by atoms with Crippen LogP contribution in [0.1, 0.15) is 18.1 Å². The molecule has 0 saturated carbocycles. The number of carbonyl (C=O) groups excluding carboxylic acids is 1. The molecule has 0 fully saturated rings. The molecule has 0 aliphatic rings. The van der Waals surface area contributed by atoms with E-state index < -0.39 is 47.1 Å². The summed E-state index contributed by atoms with van der Waals surface area (Å²) in [6.45, 7) is 6.42. The van der Waals surface area contributed by atoms with Crippen molar-refractivity contribution in [1.82, 2.24) is 4.98 Å². The number of hydrogen-bond donors (Lipinski definition) is 2. The van der Waals surface area contributed by atoms with Gasteiger partial charge in [0, 0.05) is 32.7 Å². The van der Waals surface area contributed by atoms with Gasteiger partial charge in [0.15, 0.2) is 5.97 Å². The minimum Gasteiger partial charge on any atom is -0.503 e. The topological polar surface area (TPSA) is 88.5 Å². The molecule has 0 unspecified atom stereocenters. The van der Waals surface area contributed by atoms with E-state index in [1.807, 2.05) is 0 Å². The normalized spacial score (nSPS) is 10.7. The van der Waals surface area contributed by atoms with Crippen molar-refractivity contribution in [1.29, 1.82) is 0 Å². The first-order valence-electron chi connectivity index (χ1n) is 6.20. The van der Waals surface area contributed by atoms with Gasteiger partial charge in [-0.3, -0.25) is 11.7 Å². The smallest absolute Gasteiger partial charge is 0.421 e. The van der Waals surface area contributed by atoms with Gasteiger partial charge in [0.1, 0.15) is 11.4 Å². The Bertz CT molecular complexity index is 630. The molecule has 1 amide bonds. The maximum atomic E-state index is 12.8. The number of aliphatic carboxylic acids is 1. The van der Waals surface area contributed by atoms with Crippen molar-refractivity contribution in [2.24, 2.45) is 0 Å². The molecule has 0 spiro atoms. The minimum absolute atomic E-state index is 0. The number of rotatable bonds is 3. The SMILES string of the molecule is [CH2-]C(=O)Nc1nc(OCC)c(C(F)(F)F)cc1C(F)(F)F.[CH2-]C(=O)O.[Y]. The molecule has 6 nitrogen and oxygen atoms in total. The zero-order valence-electron chi connectivity index (χ0n) is 13.2. The fraction of sp³-hybridized carbons (Fsp3) is 0.308. The minimum atomic E-state index is -5.14. The quantitative estimate of drug-likeness (QED) is 0.531. The van der Waals surface area contributed by atoms with Crippen molar-refractivity contribution < 1.29 is 78.5 Å². The van der Waals surface area contributed by atoms with Crippen LogP contribution in [0.4, 0.5) is 32.2 Å². The van der Waals surface area contributed by atoms with Crippen molar-refractivity contribution in [2.75, 3.05) is 11.9 Å². The van der Waals surface area contributed by atoms with Crippen LogP contribution in [0.3, 0.4) is 0 Å². The predicted molar refractivity (Wildman–Crippen MR) is 72.4 cm³/mol. The zero-order chi connectivity index (χ0) is 20.0. The summed E-state index contributed by atoms with van der Waals surface area (Å²) < 4.78 is 81.1. The number of carboxylic acid groups (broad SMARTS) is 1. The van der Waals surface area contributed by atoms with Gasteiger partial charge in [-0.25, -0.2) is 0 Å². The molecule has 1 aromatic rings. The average molecular weight is 463 g/mol. The van der Waals surface area contributed by atoms with Gasteiger partial charge in [0.05, 0.1) is 18.1 Å². The summed E-state index contributed by atoms with van der Waals surface area (Å²) in [5.41, 5.74) is -3.42. The number of nitrogens with zero attached hydrogens (tertiary/aromatic N) is 1. The monoisotopic (exact) mass is 463 g/mol. The van der Waals surface area contributed by atoms with Crippen molar-refractivity contribution in [3.05, 3.63) is 31.0 Å². The standard InChI is InChI=1S/C11H9F6N2O2.C2H3O2.Y/c1-3-21-9-7(11(15,16)17)4-6(10(12,13)14)8(19-9)18-5(2)20;1-2(3)4;/h4H,2-3H2,1H3,(H,18,19,20);1H2,(H,3,4);/q2*-1;. The molecule has 0 saturated heterocycles. The number of amides is 1. The number of halogens is 6. The number of carboxylic acids is 1. The molecular weight excluding hydrogens is 451 g/mol. The van der Waals surface area contributed by atoms with Gasteiger partial charge in [0.25, 0.3) is 0 Å². The summed E-state index contributed by atoms with van der Waals surface area (Å²) in [6, 6.07) is -0.163. The number of pyridine rings is 1. The Kier molecular flexibility index (Phi) is 10.7. The Labute approximate surface area is 169 Å². The van der Waals surface area contributed by atoms with Crippen molar-refractivity contribution >= 4 is 17.7 Å². The van der Waals surface area contributed by atoms with E-state index in [4.69, 9.17) is 9.90 Å². The van der Waals surface area contributed by atoms with Gasteiger partial charge >= 0.3 is 12.4 Å². The summed E-state index contributed by atoms with van der Waals surface area (Å²) in [4.78, 5) is 22.7. The maximum Gasteiger partial charge on any atom is 0.421 e. The molecule has 0 aromatic carbocycles. The molecule has 0 aliphatic heterocycles. The molecule has 1 radical (unpaired) electrons. The van der Waals surface area contributed by atoms with Crippen molar-refractivity contribution in [3.8, 4) is 5.88 Å². The molecule has 1 heterocycles. The summed E-state index contributed by atoms with van der Waals surface area (Å²) in [5, 5.41) is 8.93. The molecule has 1 aromatic heterocycles. The molecule has 26 heavy (non-hydrogen) atoms. The number of ether oxygens (including phenoxy) is 1. The van der Waals surface area contributed by atoms with Crippen LogP contribution in [0.25, 0.3) is 0 Å². The number of nitrogens with one attached hydrogen (secondary N) is 1. The van der Waals surface area contributed by atoms with E-state index in [1.165, 1.54) is 6.92 Å². The van der Waals surface area contributed by atoms with Crippen molar-refractivity contribution in [2.45, 2.75) is 19.3 Å². The third kappa shape index (κ3) is 9.13. The van der Waals surface area contributed by atoms with Crippen LogP contribution in [-0.4, -0.2) is 28.6 Å². The Morgan fingerprint density at radius 2 is 1.58 bits per heavy atom. The first-order chi connectivity index (χ1) is 11.2. The van der Waals surface area contributed by atoms with Crippen LogP contribution in [0.2, 0.25) is 0 Å². The first kappa shape index (κ1) is 26.5. The summed E-state index contributed by atoms with van der Waals surface area (Å²) in [6.07, 6.45) is -10.2. The van der Waals surface area contributed by atoms with Crippen LogP contribution in [-0.2, 0) is 54.7 Å². The molecule has 2 N–H and O–H groups in total. The number of aromatic nitrogens is 1. The van der Waals surface area contributed by atoms with Crippen LogP contribution in [0.5, 0.6) is 5.88 Å². The van der Waals surface area contributed by atoms with Crippen LogP contribution in [0, 0.1) is 13.8 Å². The van der Waals surface area contributed by atoms with E-state index in [-0.39, 0.29) is 45.4 Å². The van der Waals surface area contributed by atoms with E-state index >= 15 is 0 Å². The number of carbonyl (C=O) groups is 2. The third-order valence-corrected chi connectivity index (χ3v) is 2.14. The van der Waals surface area contributed by atoms with Gasteiger partial charge in [-0.1, -0.05) is 0 Å². The van der Waals surface area contributed by atoms with Crippen LogP contribution >= 0.6 is 0 Å². The number of anilines is 1. The van der Waals surface area contributed by atoms with E-state index in [0.29, 0.717) is 0 Å². The number of hydrogen-bond acceptors (Lipinski definition) is 4. The maximum absolute atomic E-state index is 12.8. The second kappa shape index (κ2) is 10.5. The molecule has 0 atom stereocenters. The fourth-order valence-corrected chi connectivity index (χ4v) is 1.39. The number of alkyl halides is 6. The Hall–Kier alpha value is -1.69. The van der Waals surface area contributed by atoms with Crippen LogP contribution < -0.4 is 10.1 Å². The average Bonchev–Trinajstić information content (AvgIpc) is 2.34. The second-order valence-corrected chi connectivity index (χ2v) is 4.11. The van der Waals surface area contributed by atoms with Gasteiger partial charge in [0.2, 0.25) is 5.88 Å². The molecule has 145 valence electrons. The summed E-state index contributed by atoms with van der Waals surface area (Å²) in [5.74, 6) is -4.39. The van der Waals surface area contributed by atoms with E-state index in [9.17, 15) is 31.1 Å². The predicted octanol–water partition coefficient (Wildman–Crippen LogP) is 3.19. The van der Waals surface area contributed by atoms with E-state index in [0.717, 1.165) is 0 Å². The Balaban J connectivity index is 0. The summed E-state index contributed by atoms with van der Waals surface area (Å²) >= 11 is 0. The molecular formula is C13H12F6N2O4Y-2. The molecule has 0 bridgehead atoms. The zero-order valence-corrected chi connectivity index (χ0v) is 16.0. The largest absolute Gasteiger partial charge is 0.503 e. The summed E-state index contributed by atoms with van der Waals surface area (Å²) in [7, 11) is 0. The molecule has 0 aliphatic carbocycles. The van der Waals surface area contributed by atoms with Gasteiger partial charge in [-0.15, -0.1) is 0 Å². The van der Waals surface area contributed by atoms with Crippen LogP contribution in [0.15, 0.2) is 6.07 Å². The first-order valence-corrected chi connectivity index (χ1v) is 6.20. The third-order valence-electron chi connectivity index (χ3n) is 2.14. The fourth-order valence-electron chi connectivity index (χ4n) is 1.39. The van der Waals surface area contributed by atoms with Gasteiger partial charge in [-0.2, -0.15) is 31.3 Å². The van der Waals surface area contributed by atoms with E-state index in [2.05, 4.69) is 23.6 Å². The molecule has 13 heteroatoms. The Morgan fingerprint density at radius 1 is 1.15 bits per heavy atom. The van der Waals surface area contributed by atoms with Gasteiger partial charge in [-0.05, 0) is 13.0 Å². The molecule has 1 rings (SSSR count). The second-order valence-electron chi connectivity index (χ2n) is 4.11. The van der Waals surface area contributed by atoms with E-state index in [1.54, 1.807) is 5.32 Å². The van der Waals surface area contributed by atoms with Gasteiger partial charge < -0.3 is 26.9 Å². The van der Waals surface area contributed by atoms with Crippen molar-refractivity contribution in [3.63, 3.8) is 0 Å². The Morgan fingerprint density at radius 3 is 1.88 bits per heavy atom.